The van der Waals surface area contributed by atoms with Gasteiger partial charge in [-0.3, -0.25) is 4.79 Å². The molecule has 3 aromatic rings. The average molecular weight is 381 g/mol. The summed E-state index contributed by atoms with van der Waals surface area (Å²) in [5.74, 6) is 0.895. The highest BCUT2D eigenvalue weighted by Crippen LogP contribution is 2.36. The monoisotopic (exact) mass is 380 g/mol. The molecular formula is C21H24N4OS. The minimum atomic E-state index is -0.0823. The van der Waals surface area contributed by atoms with Gasteiger partial charge < -0.3 is 10.2 Å². The molecule has 1 saturated heterocycles. The number of nitrogens with one attached hydrogen (secondary N) is 1. The van der Waals surface area contributed by atoms with Crippen LogP contribution < -0.4 is 10.2 Å². The van der Waals surface area contributed by atoms with E-state index in [-0.39, 0.29) is 5.91 Å². The first-order chi connectivity index (χ1) is 13.1. The molecule has 0 saturated carbocycles. The van der Waals surface area contributed by atoms with E-state index < -0.39 is 0 Å². The molecule has 1 aliphatic rings. The van der Waals surface area contributed by atoms with Crippen LogP contribution in [-0.4, -0.2) is 29.0 Å². The van der Waals surface area contributed by atoms with Gasteiger partial charge in [0, 0.05) is 18.8 Å². The second-order valence-electron chi connectivity index (χ2n) is 7.16. The Morgan fingerprint density at radius 2 is 1.74 bits per heavy atom. The Bertz CT molecular complexity index is 956. The van der Waals surface area contributed by atoms with Crippen molar-refractivity contribution in [1.29, 1.82) is 0 Å². The Hall–Kier alpha value is -2.47. The number of aromatic nitrogens is 2. The summed E-state index contributed by atoms with van der Waals surface area (Å²) in [5, 5.41) is 4.03. The Balaban J connectivity index is 1.68. The summed E-state index contributed by atoms with van der Waals surface area (Å²) in [7, 11) is 0. The molecule has 1 fully saturated rings. The average Bonchev–Trinajstić information content (AvgIpc) is 2.85. The molecule has 0 radical (unpaired) electrons. The molecule has 1 N–H and O–H groups in total. The van der Waals surface area contributed by atoms with Crippen molar-refractivity contribution in [3.05, 3.63) is 46.6 Å². The number of amides is 1. The first-order valence-electron chi connectivity index (χ1n) is 9.50. The van der Waals surface area contributed by atoms with Gasteiger partial charge in [-0.2, -0.15) is 0 Å². The van der Waals surface area contributed by atoms with Crippen LogP contribution in [0.25, 0.3) is 10.2 Å². The molecule has 0 bridgehead atoms. The zero-order chi connectivity index (χ0) is 18.8. The number of carbonyl (C=O) groups excluding carboxylic acids is 1. The van der Waals surface area contributed by atoms with Gasteiger partial charge >= 0.3 is 0 Å². The molecule has 140 valence electrons. The molecule has 1 aliphatic heterocycles. The summed E-state index contributed by atoms with van der Waals surface area (Å²) in [6, 6.07) is 7.85. The van der Waals surface area contributed by atoms with Crippen molar-refractivity contribution in [3.63, 3.8) is 0 Å². The molecule has 4 rings (SSSR count). The molecule has 27 heavy (non-hydrogen) atoms. The van der Waals surface area contributed by atoms with Crippen molar-refractivity contribution in [1.82, 2.24) is 9.97 Å². The summed E-state index contributed by atoms with van der Waals surface area (Å²) in [6.45, 7) is 6.08. The lowest BCUT2D eigenvalue weighted by atomic mass is 10.1. The second-order valence-corrected chi connectivity index (χ2v) is 8.15. The zero-order valence-electron chi connectivity index (χ0n) is 15.8. The summed E-state index contributed by atoms with van der Waals surface area (Å²) < 4.78 is 0. The highest BCUT2D eigenvalue weighted by atomic mass is 32.1. The summed E-state index contributed by atoms with van der Waals surface area (Å²) in [5.41, 5.74) is 2.95. The molecule has 5 nitrogen and oxygen atoms in total. The SMILES string of the molecule is Cc1ccc(NC(=O)c2sc3ncnc(N4CCCCCC4)c3c2C)cc1. The van der Waals surface area contributed by atoms with Crippen LogP contribution in [0.1, 0.15) is 46.5 Å². The van der Waals surface area contributed by atoms with Crippen molar-refractivity contribution in [2.24, 2.45) is 0 Å². The standard InChI is InChI=1S/C21H24N4OS/c1-14-7-9-16(10-8-14)24-20(26)18-15(2)17-19(22-13-23-21(17)27-18)25-11-5-3-4-6-12-25/h7-10,13H,3-6,11-12H2,1-2H3,(H,24,26). The predicted molar refractivity (Wildman–Crippen MR) is 112 cm³/mol. The van der Waals surface area contributed by atoms with E-state index in [9.17, 15) is 4.79 Å². The van der Waals surface area contributed by atoms with Gasteiger partial charge in [0.15, 0.2) is 0 Å². The van der Waals surface area contributed by atoms with Crippen LogP contribution in [0.15, 0.2) is 30.6 Å². The molecular weight excluding hydrogens is 356 g/mol. The molecule has 6 heteroatoms. The van der Waals surface area contributed by atoms with Gasteiger partial charge in [-0.1, -0.05) is 30.5 Å². The highest BCUT2D eigenvalue weighted by Gasteiger charge is 2.22. The van der Waals surface area contributed by atoms with Gasteiger partial charge in [0.1, 0.15) is 17.0 Å². The van der Waals surface area contributed by atoms with Crippen molar-refractivity contribution in [2.45, 2.75) is 39.5 Å². The number of hydrogen-bond donors (Lipinski definition) is 1. The first-order valence-corrected chi connectivity index (χ1v) is 10.3. The quantitative estimate of drug-likeness (QED) is 0.699. The van der Waals surface area contributed by atoms with Crippen LogP contribution >= 0.6 is 11.3 Å². The van der Waals surface area contributed by atoms with Crippen LogP contribution in [-0.2, 0) is 0 Å². The third-order valence-electron chi connectivity index (χ3n) is 5.13. The lowest BCUT2D eigenvalue weighted by Gasteiger charge is -2.22. The van der Waals surface area contributed by atoms with Crippen LogP contribution in [0.2, 0.25) is 0 Å². The maximum atomic E-state index is 12.9. The van der Waals surface area contributed by atoms with E-state index >= 15 is 0 Å². The maximum Gasteiger partial charge on any atom is 0.266 e. The van der Waals surface area contributed by atoms with Gasteiger partial charge in [0.05, 0.1) is 10.3 Å². The van der Waals surface area contributed by atoms with E-state index in [1.165, 1.54) is 42.6 Å². The molecule has 1 aromatic carbocycles. The molecule has 0 atom stereocenters. The largest absolute Gasteiger partial charge is 0.356 e. The van der Waals surface area contributed by atoms with Crippen LogP contribution in [0.5, 0.6) is 0 Å². The maximum absolute atomic E-state index is 12.9. The number of aryl methyl sites for hydroxylation is 2. The molecule has 0 spiro atoms. The number of benzene rings is 1. The van der Waals surface area contributed by atoms with Crippen molar-refractivity contribution in [2.75, 3.05) is 23.3 Å². The number of thiophene rings is 1. The third kappa shape index (κ3) is 3.67. The van der Waals surface area contributed by atoms with Crippen molar-refractivity contribution in [3.8, 4) is 0 Å². The first kappa shape index (κ1) is 17.9. The third-order valence-corrected chi connectivity index (χ3v) is 6.33. The van der Waals surface area contributed by atoms with Crippen LogP contribution in [0, 0.1) is 13.8 Å². The molecule has 2 aromatic heterocycles. The number of nitrogens with zero attached hydrogens (tertiary/aromatic N) is 3. The van der Waals surface area contributed by atoms with Crippen LogP contribution in [0.4, 0.5) is 11.5 Å². The fraction of sp³-hybridized carbons (Fsp3) is 0.381. The summed E-state index contributed by atoms with van der Waals surface area (Å²) in [6.07, 6.45) is 6.56. The van der Waals surface area contributed by atoms with Crippen molar-refractivity contribution >= 4 is 39.0 Å². The minimum absolute atomic E-state index is 0.0823. The predicted octanol–water partition coefficient (Wildman–Crippen LogP) is 4.94. The van der Waals surface area contributed by atoms with Gasteiger partial charge in [0.2, 0.25) is 0 Å². The topological polar surface area (TPSA) is 58.1 Å². The van der Waals surface area contributed by atoms with Crippen LogP contribution in [0.3, 0.4) is 0 Å². The minimum Gasteiger partial charge on any atom is -0.356 e. The number of rotatable bonds is 3. The highest BCUT2D eigenvalue weighted by molar-refractivity contribution is 7.20. The Morgan fingerprint density at radius 3 is 2.44 bits per heavy atom. The summed E-state index contributed by atoms with van der Waals surface area (Å²) >= 11 is 1.45. The number of anilines is 2. The summed E-state index contributed by atoms with van der Waals surface area (Å²) in [4.78, 5) is 25.9. The normalized spacial score (nSPS) is 15.0. The second kappa shape index (κ2) is 7.64. The molecule has 1 amide bonds. The van der Waals surface area contributed by atoms with E-state index in [1.807, 2.05) is 38.1 Å². The Morgan fingerprint density at radius 1 is 1.04 bits per heavy atom. The van der Waals surface area contributed by atoms with Gasteiger partial charge in [-0.05, 0) is 44.4 Å². The Labute approximate surface area is 163 Å². The fourth-order valence-electron chi connectivity index (χ4n) is 3.62. The van der Waals surface area contributed by atoms with E-state index in [0.29, 0.717) is 4.88 Å². The smallest absolute Gasteiger partial charge is 0.266 e. The van der Waals surface area contributed by atoms with Crippen molar-refractivity contribution < 1.29 is 4.79 Å². The fourth-order valence-corrected chi connectivity index (χ4v) is 4.66. The van der Waals surface area contributed by atoms with Gasteiger partial charge in [0.25, 0.3) is 5.91 Å². The number of hydrogen-bond acceptors (Lipinski definition) is 5. The number of carbonyl (C=O) groups is 1. The van der Waals surface area contributed by atoms with E-state index in [0.717, 1.165) is 40.4 Å². The molecule has 0 aliphatic carbocycles. The van der Waals surface area contributed by atoms with E-state index in [2.05, 4.69) is 20.2 Å². The van der Waals surface area contributed by atoms with E-state index in [1.54, 1.807) is 6.33 Å². The van der Waals surface area contributed by atoms with Gasteiger partial charge in [-0.15, -0.1) is 11.3 Å². The lowest BCUT2D eigenvalue weighted by molar-refractivity contribution is 0.103. The lowest BCUT2D eigenvalue weighted by Crippen LogP contribution is -2.25. The van der Waals surface area contributed by atoms with E-state index in [4.69, 9.17) is 0 Å². The Kier molecular flexibility index (Phi) is 5.07. The zero-order valence-corrected chi connectivity index (χ0v) is 16.6. The molecule has 3 heterocycles. The molecule has 0 unspecified atom stereocenters. The van der Waals surface area contributed by atoms with Gasteiger partial charge in [-0.25, -0.2) is 9.97 Å². The number of fused-ring (bicyclic) bond motifs is 1.